The van der Waals surface area contributed by atoms with E-state index in [9.17, 15) is 19.1 Å². The van der Waals surface area contributed by atoms with E-state index in [-0.39, 0.29) is 34.1 Å². The summed E-state index contributed by atoms with van der Waals surface area (Å²) in [6.45, 7) is 1.80. The standard InChI is InChI=1S/C12H12FNO3S/c1-7(15)18-9-5-12(17)14(6-9)10-3-2-8(13)4-11(10)16/h2-4,9,16H,5-6H2,1H3. The second kappa shape index (κ2) is 4.97. The van der Waals surface area contributed by atoms with Gasteiger partial charge in [-0.3, -0.25) is 9.59 Å². The second-order valence-corrected chi connectivity index (χ2v) is 5.55. The maximum absolute atomic E-state index is 12.9. The topological polar surface area (TPSA) is 57.6 Å². The van der Waals surface area contributed by atoms with Crippen molar-refractivity contribution < 1.29 is 19.1 Å². The van der Waals surface area contributed by atoms with Gasteiger partial charge >= 0.3 is 0 Å². The third kappa shape index (κ3) is 2.64. The number of hydrogen-bond acceptors (Lipinski definition) is 4. The monoisotopic (exact) mass is 269 g/mol. The third-order valence-corrected chi connectivity index (χ3v) is 3.63. The molecule has 0 aliphatic carbocycles. The maximum Gasteiger partial charge on any atom is 0.228 e. The molecule has 6 heteroatoms. The average molecular weight is 269 g/mol. The first-order valence-corrected chi connectivity index (χ1v) is 6.31. The van der Waals surface area contributed by atoms with Gasteiger partial charge in [0.2, 0.25) is 5.91 Å². The molecule has 1 unspecified atom stereocenters. The van der Waals surface area contributed by atoms with Gasteiger partial charge in [-0.15, -0.1) is 0 Å². The van der Waals surface area contributed by atoms with Crippen molar-refractivity contribution in [3.8, 4) is 5.75 Å². The van der Waals surface area contributed by atoms with Crippen LogP contribution < -0.4 is 4.90 Å². The zero-order valence-corrected chi connectivity index (χ0v) is 10.5. The Morgan fingerprint density at radius 2 is 2.28 bits per heavy atom. The number of phenols is 1. The number of phenolic OH excluding ortho intramolecular Hbond substituents is 1. The molecule has 18 heavy (non-hydrogen) atoms. The van der Waals surface area contributed by atoms with Gasteiger partial charge in [-0.25, -0.2) is 4.39 Å². The van der Waals surface area contributed by atoms with Gasteiger partial charge in [-0.05, 0) is 12.1 Å². The Kier molecular flexibility index (Phi) is 3.56. The van der Waals surface area contributed by atoms with Crippen LogP contribution in [0.4, 0.5) is 10.1 Å². The molecule has 4 nitrogen and oxygen atoms in total. The van der Waals surface area contributed by atoms with Gasteiger partial charge in [-0.2, -0.15) is 0 Å². The van der Waals surface area contributed by atoms with Crippen molar-refractivity contribution in [3.63, 3.8) is 0 Å². The number of hydrogen-bond donors (Lipinski definition) is 1. The smallest absolute Gasteiger partial charge is 0.228 e. The van der Waals surface area contributed by atoms with Crippen LogP contribution in [-0.4, -0.2) is 27.9 Å². The second-order valence-electron chi connectivity index (χ2n) is 4.07. The largest absolute Gasteiger partial charge is 0.506 e. The van der Waals surface area contributed by atoms with Gasteiger partial charge in [0.05, 0.1) is 5.69 Å². The van der Waals surface area contributed by atoms with Crippen LogP contribution in [0.5, 0.6) is 5.75 Å². The molecule has 1 saturated heterocycles. The highest BCUT2D eigenvalue weighted by Gasteiger charge is 2.33. The summed E-state index contributed by atoms with van der Waals surface area (Å²) in [4.78, 5) is 24.2. The number of carbonyl (C=O) groups excluding carboxylic acids is 2. The fourth-order valence-electron chi connectivity index (χ4n) is 1.95. The molecule has 0 bridgehead atoms. The Bertz CT molecular complexity index is 506. The van der Waals surface area contributed by atoms with Crippen molar-refractivity contribution in [1.82, 2.24) is 0 Å². The molecule has 0 radical (unpaired) electrons. The van der Waals surface area contributed by atoms with Crippen molar-refractivity contribution in [2.75, 3.05) is 11.4 Å². The van der Waals surface area contributed by atoms with E-state index in [0.717, 1.165) is 17.8 Å². The number of nitrogens with zero attached hydrogens (tertiary/aromatic N) is 1. The Morgan fingerprint density at radius 3 is 2.89 bits per heavy atom. The quantitative estimate of drug-likeness (QED) is 0.891. The molecule has 96 valence electrons. The summed E-state index contributed by atoms with van der Waals surface area (Å²) in [6.07, 6.45) is 0.251. The molecule has 1 atom stereocenters. The summed E-state index contributed by atoms with van der Waals surface area (Å²) in [7, 11) is 0. The van der Waals surface area contributed by atoms with Crippen LogP contribution in [0.2, 0.25) is 0 Å². The van der Waals surface area contributed by atoms with Crippen LogP contribution in [0.3, 0.4) is 0 Å². The Hall–Kier alpha value is -1.56. The van der Waals surface area contributed by atoms with Crippen LogP contribution in [0.25, 0.3) is 0 Å². The number of halogens is 1. The molecule has 1 N–H and O–H groups in total. The normalized spacial score (nSPS) is 19.3. The van der Waals surface area contributed by atoms with Gasteiger partial charge < -0.3 is 10.0 Å². The van der Waals surface area contributed by atoms with E-state index in [4.69, 9.17) is 0 Å². The van der Waals surface area contributed by atoms with E-state index < -0.39 is 5.82 Å². The molecule has 1 aliphatic rings. The fraction of sp³-hybridized carbons (Fsp3) is 0.333. The van der Waals surface area contributed by atoms with E-state index in [1.54, 1.807) is 0 Å². The molecule has 1 heterocycles. The Labute approximate surface area is 108 Å². The molecule has 0 spiro atoms. The van der Waals surface area contributed by atoms with E-state index in [1.165, 1.54) is 24.0 Å². The van der Waals surface area contributed by atoms with Crippen molar-refractivity contribution in [2.45, 2.75) is 18.6 Å². The predicted molar refractivity (Wildman–Crippen MR) is 67.1 cm³/mol. The van der Waals surface area contributed by atoms with Crippen molar-refractivity contribution in [3.05, 3.63) is 24.0 Å². The SMILES string of the molecule is CC(=O)SC1CC(=O)N(c2ccc(F)cc2O)C1. The number of rotatable bonds is 2. The molecule has 1 fully saturated rings. The summed E-state index contributed by atoms with van der Waals surface area (Å²) in [6, 6.07) is 3.52. The lowest BCUT2D eigenvalue weighted by Gasteiger charge is -2.17. The Balaban J connectivity index is 2.19. The highest BCUT2D eigenvalue weighted by molar-refractivity contribution is 8.14. The van der Waals surface area contributed by atoms with Crippen LogP contribution in [0, 0.1) is 5.82 Å². The number of benzene rings is 1. The zero-order chi connectivity index (χ0) is 13.3. The van der Waals surface area contributed by atoms with E-state index in [0.29, 0.717) is 6.54 Å². The van der Waals surface area contributed by atoms with E-state index >= 15 is 0 Å². The molecule has 0 aromatic heterocycles. The van der Waals surface area contributed by atoms with Gasteiger partial charge in [-0.1, -0.05) is 11.8 Å². The Morgan fingerprint density at radius 1 is 1.56 bits per heavy atom. The first kappa shape index (κ1) is 12.9. The minimum Gasteiger partial charge on any atom is -0.506 e. The number of anilines is 1. The third-order valence-electron chi connectivity index (χ3n) is 2.65. The molecule has 0 saturated carbocycles. The molecule has 2 rings (SSSR count). The van der Waals surface area contributed by atoms with Crippen molar-refractivity contribution in [1.29, 1.82) is 0 Å². The lowest BCUT2D eigenvalue weighted by molar-refractivity contribution is -0.117. The van der Waals surface area contributed by atoms with Gasteiger partial charge in [0.15, 0.2) is 5.12 Å². The van der Waals surface area contributed by atoms with Crippen LogP contribution in [0.1, 0.15) is 13.3 Å². The highest BCUT2D eigenvalue weighted by atomic mass is 32.2. The summed E-state index contributed by atoms with van der Waals surface area (Å²) in [5.41, 5.74) is 0.285. The summed E-state index contributed by atoms with van der Waals surface area (Å²) < 4.78 is 12.9. The molecule has 1 aliphatic heterocycles. The van der Waals surface area contributed by atoms with Crippen LogP contribution in [-0.2, 0) is 9.59 Å². The summed E-state index contributed by atoms with van der Waals surface area (Å²) in [5.74, 6) is -0.995. The summed E-state index contributed by atoms with van der Waals surface area (Å²) in [5, 5.41) is 9.47. The van der Waals surface area contributed by atoms with Gasteiger partial charge in [0.25, 0.3) is 0 Å². The van der Waals surface area contributed by atoms with Crippen molar-refractivity contribution >= 4 is 28.5 Å². The lowest BCUT2D eigenvalue weighted by Crippen LogP contribution is -2.25. The zero-order valence-electron chi connectivity index (χ0n) is 9.72. The average Bonchev–Trinajstić information content (AvgIpc) is 2.58. The first-order valence-electron chi connectivity index (χ1n) is 5.43. The molecular weight excluding hydrogens is 257 g/mol. The highest BCUT2D eigenvalue weighted by Crippen LogP contribution is 2.34. The van der Waals surface area contributed by atoms with Crippen LogP contribution >= 0.6 is 11.8 Å². The fourth-order valence-corrected chi connectivity index (χ4v) is 2.87. The van der Waals surface area contributed by atoms with Gasteiger partial charge in [0, 0.05) is 31.2 Å². The lowest BCUT2D eigenvalue weighted by atomic mass is 10.2. The van der Waals surface area contributed by atoms with Crippen molar-refractivity contribution in [2.24, 2.45) is 0 Å². The van der Waals surface area contributed by atoms with Gasteiger partial charge in [0.1, 0.15) is 11.6 Å². The number of aromatic hydroxyl groups is 1. The molecule has 1 aromatic rings. The first-order chi connectivity index (χ1) is 8.47. The molecular formula is C12H12FNO3S. The van der Waals surface area contributed by atoms with Crippen LogP contribution in [0.15, 0.2) is 18.2 Å². The van der Waals surface area contributed by atoms with E-state index in [1.807, 2.05) is 0 Å². The molecule has 1 aromatic carbocycles. The minimum atomic E-state index is -0.558. The van der Waals surface area contributed by atoms with E-state index in [2.05, 4.69) is 0 Å². The maximum atomic E-state index is 12.9. The minimum absolute atomic E-state index is 0.0435. The molecule has 1 amide bonds. The summed E-state index contributed by atoms with van der Waals surface area (Å²) >= 11 is 1.12. The number of carbonyl (C=O) groups is 2. The number of thioether (sulfide) groups is 1. The number of amides is 1. The predicted octanol–water partition coefficient (Wildman–Crippen LogP) is 1.92.